The highest BCUT2D eigenvalue weighted by molar-refractivity contribution is 6.04. The van der Waals surface area contributed by atoms with E-state index < -0.39 is 0 Å². The zero-order valence-electron chi connectivity index (χ0n) is 15.5. The molecule has 6 nitrogen and oxygen atoms in total. The number of amides is 1. The van der Waals surface area contributed by atoms with Crippen LogP contribution < -0.4 is 15.1 Å². The van der Waals surface area contributed by atoms with Crippen molar-refractivity contribution < 1.29 is 9.90 Å². The van der Waals surface area contributed by atoms with Gasteiger partial charge in [0.2, 0.25) is 0 Å². The van der Waals surface area contributed by atoms with Gasteiger partial charge in [-0.05, 0) is 60.7 Å². The molecule has 1 aromatic heterocycles. The van der Waals surface area contributed by atoms with Crippen molar-refractivity contribution in [1.82, 2.24) is 4.98 Å². The van der Waals surface area contributed by atoms with Crippen LogP contribution >= 0.6 is 0 Å². The SMILES string of the molecule is O=C(Nc1ccc(N2CCN(c3ccccn3)CC2)cc1)c1ccc(O)cc1. The summed E-state index contributed by atoms with van der Waals surface area (Å²) in [4.78, 5) is 21.3. The van der Waals surface area contributed by atoms with Crippen molar-refractivity contribution in [3.8, 4) is 5.75 Å². The third kappa shape index (κ3) is 4.06. The first-order valence-corrected chi connectivity index (χ1v) is 9.30. The second-order valence-corrected chi connectivity index (χ2v) is 6.71. The summed E-state index contributed by atoms with van der Waals surface area (Å²) in [6.07, 6.45) is 1.83. The first-order chi connectivity index (χ1) is 13.7. The normalized spacial score (nSPS) is 14.0. The molecule has 28 heavy (non-hydrogen) atoms. The van der Waals surface area contributed by atoms with E-state index in [2.05, 4.69) is 20.1 Å². The van der Waals surface area contributed by atoms with Crippen LogP contribution in [0.15, 0.2) is 72.9 Å². The Morgan fingerprint density at radius 3 is 2.18 bits per heavy atom. The number of anilines is 3. The van der Waals surface area contributed by atoms with E-state index in [4.69, 9.17) is 0 Å². The summed E-state index contributed by atoms with van der Waals surface area (Å²) in [6, 6.07) is 20.1. The minimum absolute atomic E-state index is 0.143. The van der Waals surface area contributed by atoms with Crippen molar-refractivity contribution in [2.24, 2.45) is 0 Å². The fourth-order valence-electron chi connectivity index (χ4n) is 3.31. The summed E-state index contributed by atoms with van der Waals surface area (Å²) in [6.45, 7) is 3.71. The minimum atomic E-state index is -0.197. The highest BCUT2D eigenvalue weighted by atomic mass is 16.3. The van der Waals surface area contributed by atoms with Gasteiger partial charge in [0.05, 0.1) is 0 Å². The quantitative estimate of drug-likeness (QED) is 0.733. The standard InChI is InChI=1S/C22H22N4O2/c27-20-10-4-17(5-11-20)22(28)24-18-6-8-19(9-7-18)25-13-15-26(16-14-25)21-3-1-2-12-23-21/h1-12,27H,13-16H2,(H,24,28). The Balaban J connectivity index is 1.35. The van der Waals surface area contributed by atoms with Gasteiger partial charge in [0.25, 0.3) is 5.91 Å². The predicted molar refractivity (Wildman–Crippen MR) is 111 cm³/mol. The van der Waals surface area contributed by atoms with Crippen LogP contribution in [0.5, 0.6) is 5.75 Å². The van der Waals surface area contributed by atoms with E-state index in [0.717, 1.165) is 43.4 Å². The van der Waals surface area contributed by atoms with Crippen molar-refractivity contribution in [3.63, 3.8) is 0 Å². The molecule has 0 atom stereocenters. The molecule has 142 valence electrons. The molecule has 2 heterocycles. The van der Waals surface area contributed by atoms with E-state index in [9.17, 15) is 9.90 Å². The molecule has 0 aliphatic carbocycles. The number of aromatic hydroxyl groups is 1. The second kappa shape index (κ2) is 8.00. The highest BCUT2D eigenvalue weighted by Gasteiger charge is 2.18. The molecule has 1 fully saturated rings. The summed E-state index contributed by atoms with van der Waals surface area (Å²) in [5, 5.41) is 12.2. The molecular weight excluding hydrogens is 352 g/mol. The summed E-state index contributed by atoms with van der Waals surface area (Å²) in [7, 11) is 0. The molecule has 1 saturated heterocycles. The van der Waals surface area contributed by atoms with Gasteiger partial charge in [-0.15, -0.1) is 0 Å². The number of hydrogen-bond acceptors (Lipinski definition) is 5. The van der Waals surface area contributed by atoms with Crippen LogP contribution in [0.25, 0.3) is 0 Å². The van der Waals surface area contributed by atoms with Crippen molar-refractivity contribution in [2.45, 2.75) is 0 Å². The van der Waals surface area contributed by atoms with Crippen LogP contribution in [-0.4, -0.2) is 42.2 Å². The van der Waals surface area contributed by atoms with E-state index >= 15 is 0 Å². The Bertz CT molecular complexity index is 919. The van der Waals surface area contributed by atoms with Crippen molar-refractivity contribution >= 4 is 23.1 Å². The third-order valence-electron chi connectivity index (χ3n) is 4.87. The monoisotopic (exact) mass is 374 g/mol. The number of phenols is 1. The molecule has 0 unspecified atom stereocenters. The maximum Gasteiger partial charge on any atom is 0.255 e. The maximum atomic E-state index is 12.3. The Kier molecular flexibility index (Phi) is 5.10. The molecule has 2 aromatic carbocycles. The van der Waals surface area contributed by atoms with Gasteiger partial charge in [-0.25, -0.2) is 4.98 Å². The lowest BCUT2D eigenvalue weighted by Crippen LogP contribution is -2.46. The third-order valence-corrected chi connectivity index (χ3v) is 4.87. The molecule has 0 saturated carbocycles. The van der Waals surface area contributed by atoms with Crippen molar-refractivity contribution in [2.75, 3.05) is 41.3 Å². The van der Waals surface area contributed by atoms with Gasteiger partial charge in [0.15, 0.2) is 0 Å². The summed E-state index contributed by atoms with van der Waals surface area (Å²) in [5.74, 6) is 0.968. The second-order valence-electron chi connectivity index (χ2n) is 6.71. The Labute approximate surface area is 164 Å². The lowest BCUT2D eigenvalue weighted by Gasteiger charge is -2.36. The molecule has 1 aliphatic heterocycles. The van der Waals surface area contributed by atoms with Crippen LogP contribution in [-0.2, 0) is 0 Å². The first kappa shape index (κ1) is 17.9. The maximum absolute atomic E-state index is 12.3. The topological polar surface area (TPSA) is 68.7 Å². The molecule has 0 spiro atoms. The van der Waals surface area contributed by atoms with E-state index in [1.54, 1.807) is 12.1 Å². The number of phenolic OH excluding ortho intramolecular Hbond substituents is 1. The lowest BCUT2D eigenvalue weighted by atomic mass is 10.2. The molecule has 6 heteroatoms. The number of rotatable bonds is 4. The van der Waals surface area contributed by atoms with E-state index in [-0.39, 0.29) is 11.7 Å². The minimum Gasteiger partial charge on any atom is -0.508 e. The number of carbonyl (C=O) groups is 1. The largest absolute Gasteiger partial charge is 0.508 e. The van der Waals surface area contributed by atoms with E-state index in [0.29, 0.717) is 5.56 Å². The van der Waals surface area contributed by atoms with Crippen LogP contribution in [0.4, 0.5) is 17.2 Å². The number of nitrogens with one attached hydrogen (secondary N) is 1. The van der Waals surface area contributed by atoms with Crippen LogP contribution in [0, 0.1) is 0 Å². The Hall–Kier alpha value is -3.54. The van der Waals surface area contributed by atoms with Gasteiger partial charge in [-0.1, -0.05) is 6.07 Å². The van der Waals surface area contributed by atoms with Gasteiger partial charge in [-0.2, -0.15) is 0 Å². The number of carbonyl (C=O) groups excluding carboxylic acids is 1. The van der Waals surface area contributed by atoms with Gasteiger partial charge in [0, 0.05) is 49.3 Å². The zero-order valence-corrected chi connectivity index (χ0v) is 15.5. The average molecular weight is 374 g/mol. The van der Waals surface area contributed by atoms with Gasteiger partial charge < -0.3 is 20.2 Å². The van der Waals surface area contributed by atoms with Crippen LogP contribution in [0.1, 0.15) is 10.4 Å². The predicted octanol–water partition coefficient (Wildman–Crippen LogP) is 3.37. The van der Waals surface area contributed by atoms with Crippen molar-refractivity contribution in [3.05, 3.63) is 78.5 Å². The molecular formula is C22H22N4O2. The number of piperazine rings is 1. The fourth-order valence-corrected chi connectivity index (χ4v) is 3.31. The Morgan fingerprint density at radius 1 is 0.857 bits per heavy atom. The molecule has 1 amide bonds. The van der Waals surface area contributed by atoms with Crippen LogP contribution in [0.2, 0.25) is 0 Å². The zero-order chi connectivity index (χ0) is 19.3. The average Bonchev–Trinajstić information content (AvgIpc) is 2.75. The summed E-state index contributed by atoms with van der Waals surface area (Å²) >= 11 is 0. The van der Waals surface area contributed by atoms with E-state index in [1.807, 2.05) is 48.7 Å². The van der Waals surface area contributed by atoms with Crippen molar-refractivity contribution in [1.29, 1.82) is 0 Å². The number of nitrogens with zero attached hydrogens (tertiary/aromatic N) is 3. The van der Waals surface area contributed by atoms with Gasteiger partial charge in [0.1, 0.15) is 11.6 Å². The molecule has 3 aromatic rings. The molecule has 0 bridgehead atoms. The van der Waals surface area contributed by atoms with Gasteiger partial charge >= 0.3 is 0 Å². The van der Waals surface area contributed by atoms with E-state index in [1.165, 1.54) is 12.1 Å². The number of pyridine rings is 1. The van der Waals surface area contributed by atoms with Gasteiger partial charge in [-0.3, -0.25) is 4.79 Å². The Morgan fingerprint density at radius 2 is 1.54 bits per heavy atom. The summed E-state index contributed by atoms with van der Waals surface area (Å²) < 4.78 is 0. The number of benzene rings is 2. The summed E-state index contributed by atoms with van der Waals surface area (Å²) in [5.41, 5.74) is 2.39. The smallest absolute Gasteiger partial charge is 0.255 e. The number of hydrogen-bond donors (Lipinski definition) is 2. The first-order valence-electron chi connectivity index (χ1n) is 9.30. The molecule has 2 N–H and O–H groups in total. The highest BCUT2D eigenvalue weighted by Crippen LogP contribution is 2.22. The molecule has 0 radical (unpaired) electrons. The fraction of sp³-hybridized carbons (Fsp3) is 0.182. The van der Waals surface area contributed by atoms with Crippen LogP contribution in [0.3, 0.4) is 0 Å². The lowest BCUT2D eigenvalue weighted by molar-refractivity contribution is 0.102. The molecule has 4 rings (SSSR count). The number of aromatic nitrogens is 1. The molecule has 1 aliphatic rings.